The summed E-state index contributed by atoms with van der Waals surface area (Å²) in [6.45, 7) is 5.85. The van der Waals surface area contributed by atoms with Crippen LogP contribution in [0.1, 0.15) is 28.7 Å². The molecule has 1 heterocycles. The zero-order valence-corrected chi connectivity index (χ0v) is 16.1. The van der Waals surface area contributed by atoms with Crippen LogP contribution in [0.2, 0.25) is 0 Å². The van der Waals surface area contributed by atoms with Crippen molar-refractivity contribution in [3.05, 3.63) is 65.5 Å². The molecular formula is C20H21N3O2S. The Kier molecular flexibility index (Phi) is 5.42. The fraction of sp³-hybridized carbons (Fsp3) is 0.250. The summed E-state index contributed by atoms with van der Waals surface area (Å²) in [7, 11) is 1.61. The van der Waals surface area contributed by atoms with E-state index in [4.69, 9.17) is 4.74 Å². The third-order valence-corrected chi connectivity index (χ3v) is 5.12. The van der Waals surface area contributed by atoms with E-state index in [9.17, 15) is 4.79 Å². The highest BCUT2D eigenvalue weighted by Crippen LogP contribution is 2.28. The molecule has 0 N–H and O–H groups in total. The van der Waals surface area contributed by atoms with Gasteiger partial charge < -0.3 is 4.74 Å². The summed E-state index contributed by atoms with van der Waals surface area (Å²) in [5.74, 6) is 1.58. The normalized spacial score (nSPS) is 12.0. The molecule has 5 nitrogen and oxygen atoms in total. The number of carbonyl (C=O) groups is 1. The largest absolute Gasteiger partial charge is 0.497 e. The first kappa shape index (κ1) is 18.2. The zero-order chi connectivity index (χ0) is 18.7. The molecule has 0 saturated carbocycles. The highest BCUT2D eigenvalue weighted by molar-refractivity contribution is 8.00. The molecule has 134 valence electrons. The first-order valence-corrected chi connectivity index (χ1v) is 9.21. The summed E-state index contributed by atoms with van der Waals surface area (Å²) < 4.78 is 7.13. The van der Waals surface area contributed by atoms with Gasteiger partial charge in [-0.2, -0.15) is 0 Å². The summed E-state index contributed by atoms with van der Waals surface area (Å²) in [4.78, 5) is 12.7. The van der Waals surface area contributed by atoms with Crippen molar-refractivity contribution in [2.75, 3.05) is 7.11 Å². The summed E-state index contributed by atoms with van der Waals surface area (Å²) in [6, 6.07) is 15.3. The first-order valence-electron chi connectivity index (χ1n) is 8.33. The Balaban J connectivity index is 1.83. The van der Waals surface area contributed by atoms with Gasteiger partial charge in [0.15, 0.2) is 10.9 Å². The lowest BCUT2D eigenvalue weighted by atomic mass is 10.1. The Labute approximate surface area is 157 Å². The van der Waals surface area contributed by atoms with Crippen LogP contribution in [0.25, 0.3) is 5.69 Å². The lowest BCUT2D eigenvalue weighted by Gasteiger charge is -2.13. The molecule has 6 heteroatoms. The van der Waals surface area contributed by atoms with Crippen LogP contribution >= 0.6 is 11.8 Å². The average Bonchev–Trinajstić information content (AvgIpc) is 3.01. The van der Waals surface area contributed by atoms with Crippen molar-refractivity contribution >= 4 is 17.5 Å². The minimum absolute atomic E-state index is 0.0501. The number of hydrogen-bond acceptors (Lipinski definition) is 5. The van der Waals surface area contributed by atoms with Crippen molar-refractivity contribution < 1.29 is 9.53 Å². The number of carbonyl (C=O) groups excluding carboxylic acids is 1. The number of Topliss-reactive ketones (excluding diaryl/α,β-unsaturated/α-hetero) is 1. The first-order chi connectivity index (χ1) is 12.5. The highest BCUT2D eigenvalue weighted by atomic mass is 32.2. The third-order valence-electron chi connectivity index (χ3n) is 4.08. The molecule has 0 saturated heterocycles. The number of benzene rings is 2. The molecular weight excluding hydrogens is 346 g/mol. The Morgan fingerprint density at radius 2 is 1.85 bits per heavy atom. The number of nitrogens with zero attached hydrogens (tertiary/aromatic N) is 3. The van der Waals surface area contributed by atoms with Gasteiger partial charge >= 0.3 is 0 Å². The topological polar surface area (TPSA) is 57.0 Å². The summed E-state index contributed by atoms with van der Waals surface area (Å²) in [6.07, 6.45) is 0. The van der Waals surface area contributed by atoms with E-state index in [1.165, 1.54) is 11.8 Å². The minimum Gasteiger partial charge on any atom is -0.497 e. The monoisotopic (exact) mass is 367 g/mol. The molecule has 0 radical (unpaired) electrons. The van der Waals surface area contributed by atoms with E-state index in [0.29, 0.717) is 10.7 Å². The molecule has 2 aromatic carbocycles. The average molecular weight is 367 g/mol. The predicted octanol–water partition coefficient (Wildman–Crippen LogP) is 4.26. The second-order valence-electron chi connectivity index (χ2n) is 6.06. The zero-order valence-electron chi connectivity index (χ0n) is 15.3. The third kappa shape index (κ3) is 3.80. The van der Waals surface area contributed by atoms with Gasteiger partial charge in [0, 0.05) is 11.3 Å². The number of methoxy groups -OCH3 is 1. The van der Waals surface area contributed by atoms with Crippen LogP contribution in [0.5, 0.6) is 5.75 Å². The fourth-order valence-corrected chi connectivity index (χ4v) is 3.68. The number of hydrogen-bond donors (Lipinski definition) is 0. The lowest BCUT2D eigenvalue weighted by Crippen LogP contribution is -2.14. The van der Waals surface area contributed by atoms with Gasteiger partial charge in [0.1, 0.15) is 11.6 Å². The smallest absolute Gasteiger partial charge is 0.196 e. The van der Waals surface area contributed by atoms with Gasteiger partial charge in [-0.15, -0.1) is 10.2 Å². The maximum Gasteiger partial charge on any atom is 0.196 e. The second kappa shape index (κ2) is 7.74. The van der Waals surface area contributed by atoms with Gasteiger partial charge in [-0.25, -0.2) is 0 Å². The Bertz CT molecular complexity index is 919. The Hall–Kier alpha value is -2.60. The molecule has 0 fully saturated rings. The lowest BCUT2D eigenvalue weighted by molar-refractivity contribution is 0.0994. The highest BCUT2D eigenvalue weighted by Gasteiger charge is 2.21. The summed E-state index contributed by atoms with van der Waals surface area (Å²) in [5, 5.41) is 8.89. The molecule has 0 amide bonds. The van der Waals surface area contributed by atoms with E-state index in [-0.39, 0.29) is 11.0 Å². The number of aromatic nitrogens is 3. The van der Waals surface area contributed by atoms with E-state index < -0.39 is 0 Å². The standard InChI is InChI=1S/C20H21N3O2S/c1-13-6-5-7-17(12-13)23-15(3)21-22-20(23)26-14(2)19(24)16-8-10-18(25-4)11-9-16/h5-12,14H,1-4H3/t14-/m1/s1. The maximum absolute atomic E-state index is 12.7. The van der Waals surface area contributed by atoms with Gasteiger partial charge in [-0.05, 0) is 62.7 Å². The number of ether oxygens (including phenoxy) is 1. The number of thioether (sulfide) groups is 1. The molecule has 0 aliphatic rings. The van der Waals surface area contributed by atoms with Gasteiger partial charge in [0.25, 0.3) is 0 Å². The quantitative estimate of drug-likeness (QED) is 0.481. The molecule has 3 rings (SSSR count). The molecule has 26 heavy (non-hydrogen) atoms. The molecule has 3 aromatic rings. The second-order valence-corrected chi connectivity index (χ2v) is 7.36. The minimum atomic E-state index is -0.282. The van der Waals surface area contributed by atoms with Crippen molar-refractivity contribution in [2.24, 2.45) is 0 Å². The number of aryl methyl sites for hydroxylation is 2. The molecule has 1 aromatic heterocycles. The molecule has 0 unspecified atom stereocenters. The summed E-state index contributed by atoms with van der Waals surface area (Å²) >= 11 is 1.41. The summed E-state index contributed by atoms with van der Waals surface area (Å²) in [5.41, 5.74) is 2.82. The van der Waals surface area contributed by atoms with Crippen molar-refractivity contribution in [3.8, 4) is 11.4 Å². The predicted molar refractivity (Wildman–Crippen MR) is 103 cm³/mol. The van der Waals surface area contributed by atoms with Crippen LogP contribution < -0.4 is 4.74 Å². The van der Waals surface area contributed by atoms with Crippen LogP contribution in [0, 0.1) is 13.8 Å². The molecule has 0 aliphatic carbocycles. The Morgan fingerprint density at radius 3 is 2.50 bits per heavy atom. The van der Waals surface area contributed by atoms with Crippen molar-refractivity contribution in [3.63, 3.8) is 0 Å². The number of ketones is 1. The molecule has 0 aliphatic heterocycles. The van der Waals surface area contributed by atoms with Crippen LogP contribution in [0.3, 0.4) is 0 Å². The van der Waals surface area contributed by atoms with Gasteiger partial charge in [-0.3, -0.25) is 9.36 Å². The van der Waals surface area contributed by atoms with E-state index in [0.717, 1.165) is 22.8 Å². The molecule has 0 spiro atoms. The van der Waals surface area contributed by atoms with Gasteiger partial charge in [-0.1, -0.05) is 23.9 Å². The van der Waals surface area contributed by atoms with Crippen LogP contribution in [0.4, 0.5) is 0 Å². The Morgan fingerprint density at radius 1 is 1.12 bits per heavy atom. The molecule has 0 bridgehead atoms. The van der Waals surface area contributed by atoms with Crippen molar-refractivity contribution in [1.82, 2.24) is 14.8 Å². The molecule has 1 atom stereocenters. The van der Waals surface area contributed by atoms with Crippen LogP contribution in [-0.4, -0.2) is 32.9 Å². The van der Waals surface area contributed by atoms with Gasteiger partial charge in [0.2, 0.25) is 0 Å². The van der Waals surface area contributed by atoms with Gasteiger partial charge in [0.05, 0.1) is 12.4 Å². The SMILES string of the molecule is COc1ccc(C(=O)[C@@H](C)Sc2nnc(C)n2-c2cccc(C)c2)cc1. The van der Waals surface area contributed by atoms with E-state index in [1.54, 1.807) is 31.4 Å². The van der Waals surface area contributed by atoms with Crippen molar-refractivity contribution in [1.29, 1.82) is 0 Å². The van der Waals surface area contributed by atoms with Crippen molar-refractivity contribution in [2.45, 2.75) is 31.2 Å². The van der Waals surface area contributed by atoms with E-state index in [2.05, 4.69) is 16.3 Å². The van der Waals surface area contributed by atoms with E-state index in [1.807, 2.05) is 43.5 Å². The van der Waals surface area contributed by atoms with E-state index >= 15 is 0 Å². The van der Waals surface area contributed by atoms with Crippen LogP contribution in [-0.2, 0) is 0 Å². The fourth-order valence-electron chi connectivity index (χ4n) is 2.69. The number of rotatable bonds is 6. The maximum atomic E-state index is 12.7. The van der Waals surface area contributed by atoms with Crippen LogP contribution in [0.15, 0.2) is 53.7 Å².